The number of fused-ring (bicyclic) bond motifs is 1. The maximum atomic E-state index is 9.13. The van der Waals surface area contributed by atoms with Crippen LogP contribution in [-0.2, 0) is 0 Å². The third-order valence-electron chi connectivity index (χ3n) is 4.64. The van der Waals surface area contributed by atoms with E-state index in [2.05, 4.69) is 45.1 Å². The van der Waals surface area contributed by atoms with E-state index in [0.29, 0.717) is 11.5 Å². The fourth-order valence-electron chi connectivity index (χ4n) is 3.61. The second kappa shape index (κ2) is 5.58. The van der Waals surface area contributed by atoms with E-state index in [1.807, 2.05) is 24.3 Å². The minimum absolute atomic E-state index is 0.0722. The number of halogens is 1. The van der Waals surface area contributed by atoms with Crippen LogP contribution in [0.5, 0.6) is 0 Å². The Labute approximate surface area is 143 Å². The molecule has 0 spiro atoms. The number of nitriles is 1. The fraction of sp³-hybridized carbons (Fsp3) is 0.350. The first-order chi connectivity index (χ1) is 10.8. The first-order valence-corrected chi connectivity index (χ1v) is 8.32. The van der Waals surface area contributed by atoms with E-state index >= 15 is 0 Å². The van der Waals surface area contributed by atoms with Gasteiger partial charge < -0.3 is 5.32 Å². The molecule has 3 rings (SSSR count). The van der Waals surface area contributed by atoms with E-state index in [-0.39, 0.29) is 5.54 Å². The molecule has 23 heavy (non-hydrogen) atoms. The van der Waals surface area contributed by atoms with E-state index in [9.17, 15) is 0 Å². The van der Waals surface area contributed by atoms with Gasteiger partial charge in [0.25, 0.3) is 0 Å². The predicted molar refractivity (Wildman–Crippen MR) is 97.1 cm³/mol. The maximum absolute atomic E-state index is 9.13. The van der Waals surface area contributed by atoms with Crippen molar-refractivity contribution in [3.63, 3.8) is 0 Å². The number of benzene rings is 2. The molecular formula is C20H21ClN2. The summed E-state index contributed by atoms with van der Waals surface area (Å²) in [4.78, 5) is 0. The Morgan fingerprint density at radius 3 is 2.74 bits per heavy atom. The summed E-state index contributed by atoms with van der Waals surface area (Å²) in [6.45, 7) is 8.79. The van der Waals surface area contributed by atoms with Crippen molar-refractivity contribution in [3.8, 4) is 17.2 Å². The lowest BCUT2D eigenvalue weighted by Crippen LogP contribution is -2.37. The van der Waals surface area contributed by atoms with E-state index in [4.69, 9.17) is 16.9 Å². The molecule has 1 atom stereocenters. The molecule has 0 amide bonds. The van der Waals surface area contributed by atoms with Crippen LogP contribution in [0, 0.1) is 18.3 Å². The average Bonchev–Trinajstić information content (AvgIpc) is 2.50. The zero-order chi connectivity index (χ0) is 16.8. The standard InChI is InChI=1S/C20H21ClN2/c1-12-10-20(3,4)23-19-13(2)18(21)17(9-16(12)19)15-7-5-6-14(8-15)11-22/h5-9,12,23H,10H2,1-4H3. The largest absolute Gasteiger partial charge is 0.380 e. The Balaban J connectivity index is 2.20. The summed E-state index contributed by atoms with van der Waals surface area (Å²) in [6.07, 6.45) is 1.08. The van der Waals surface area contributed by atoms with Gasteiger partial charge in [-0.3, -0.25) is 0 Å². The van der Waals surface area contributed by atoms with Crippen molar-refractivity contribution >= 4 is 17.3 Å². The summed E-state index contributed by atoms with van der Waals surface area (Å²) >= 11 is 6.68. The van der Waals surface area contributed by atoms with Crippen molar-refractivity contribution in [1.29, 1.82) is 5.26 Å². The van der Waals surface area contributed by atoms with Crippen LogP contribution in [0.2, 0.25) is 5.02 Å². The van der Waals surface area contributed by atoms with Gasteiger partial charge in [0, 0.05) is 16.8 Å². The summed E-state index contributed by atoms with van der Waals surface area (Å²) in [7, 11) is 0. The summed E-state index contributed by atoms with van der Waals surface area (Å²) in [5.74, 6) is 0.468. The normalized spacial score (nSPS) is 18.7. The molecule has 0 fully saturated rings. The van der Waals surface area contributed by atoms with Crippen LogP contribution >= 0.6 is 11.6 Å². The number of hydrogen-bond acceptors (Lipinski definition) is 2. The first kappa shape index (κ1) is 15.9. The van der Waals surface area contributed by atoms with Crippen molar-refractivity contribution < 1.29 is 0 Å². The lowest BCUT2D eigenvalue weighted by molar-refractivity contribution is 0.453. The molecule has 1 N–H and O–H groups in total. The molecule has 2 aromatic carbocycles. The molecule has 118 valence electrons. The Kier molecular flexibility index (Phi) is 3.86. The zero-order valence-electron chi connectivity index (χ0n) is 14.0. The van der Waals surface area contributed by atoms with Gasteiger partial charge in [-0.1, -0.05) is 30.7 Å². The molecule has 1 heterocycles. The van der Waals surface area contributed by atoms with Gasteiger partial charge in [0.05, 0.1) is 16.7 Å². The van der Waals surface area contributed by atoms with E-state index < -0.39 is 0 Å². The maximum Gasteiger partial charge on any atom is 0.0991 e. The van der Waals surface area contributed by atoms with Crippen LogP contribution < -0.4 is 5.32 Å². The quantitative estimate of drug-likeness (QED) is 0.710. The van der Waals surface area contributed by atoms with Crippen LogP contribution in [0.3, 0.4) is 0 Å². The highest BCUT2D eigenvalue weighted by molar-refractivity contribution is 6.34. The summed E-state index contributed by atoms with van der Waals surface area (Å²) in [5, 5.41) is 13.5. The number of hydrogen-bond donors (Lipinski definition) is 1. The monoisotopic (exact) mass is 324 g/mol. The van der Waals surface area contributed by atoms with Crippen LogP contribution in [0.4, 0.5) is 5.69 Å². The minimum atomic E-state index is 0.0722. The Morgan fingerprint density at radius 1 is 1.30 bits per heavy atom. The third kappa shape index (κ3) is 2.82. The molecule has 2 aromatic rings. The Hall–Kier alpha value is -1.98. The SMILES string of the molecule is Cc1c(Cl)c(-c2cccc(C#N)c2)cc2c1NC(C)(C)CC2C. The van der Waals surface area contributed by atoms with E-state index in [1.165, 1.54) is 11.3 Å². The molecule has 1 aliphatic rings. The molecule has 0 aromatic heterocycles. The average molecular weight is 325 g/mol. The van der Waals surface area contributed by atoms with Gasteiger partial charge in [-0.05, 0) is 68.0 Å². The van der Waals surface area contributed by atoms with Gasteiger partial charge in [0.1, 0.15) is 0 Å². The molecule has 0 aliphatic carbocycles. The van der Waals surface area contributed by atoms with Crippen LogP contribution in [0.25, 0.3) is 11.1 Å². The molecule has 1 aliphatic heterocycles. The number of rotatable bonds is 1. The van der Waals surface area contributed by atoms with Gasteiger partial charge in [-0.15, -0.1) is 0 Å². The summed E-state index contributed by atoms with van der Waals surface area (Å²) in [5.41, 5.74) is 6.29. The Bertz CT molecular complexity index is 815. The highest BCUT2D eigenvalue weighted by Gasteiger charge is 2.31. The highest BCUT2D eigenvalue weighted by atomic mass is 35.5. The van der Waals surface area contributed by atoms with Gasteiger partial charge in [-0.2, -0.15) is 5.26 Å². The lowest BCUT2D eigenvalue weighted by atomic mass is 9.79. The first-order valence-electron chi connectivity index (χ1n) is 7.94. The second-order valence-electron chi connectivity index (χ2n) is 7.13. The minimum Gasteiger partial charge on any atom is -0.380 e. The van der Waals surface area contributed by atoms with Crippen molar-refractivity contribution in [1.82, 2.24) is 0 Å². The van der Waals surface area contributed by atoms with Gasteiger partial charge in [-0.25, -0.2) is 0 Å². The van der Waals surface area contributed by atoms with Crippen molar-refractivity contribution in [3.05, 3.63) is 52.0 Å². The number of nitrogens with one attached hydrogen (secondary N) is 1. The highest BCUT2D eigenvalue weighted by Crippen LogP contribution is 2.45. The van der Waals surface area contributed by atoms with Crippen LogP contribution in [-0.4, -0.2) is 5.54 Å². The van der Waals surface area contributed by atoms with Gasteiger partial charge in [0.2, 0.25) is 0 Å². The number of nitrogens with zero attached hydrogens (tertiary/aromatic N) is 1. The van der Waals surface area contributed by atoms with Crippen molar-refractivity contribution in [2.75, 3.05) is 5.32 Å². The third-order valence-corrected chi connectivity index (χ3v) is 5.13. The molecule has 2 nitrogen and oxygen atoms in total. The topological polar surface area (TPSA) is 35.8 Å². The summed E-state index contributed by atoms with van der Waals surface area (Å²) in [6, 6.07) is 12.0. The van der Waals surface area contributed by atoms with E-state index in [0.717, 1.165) is 28.1 Å². The lowest BCUT2D eigenvalue weighted by Gasteiger charge is -2.39. The molecule has 0 radical (unpaired) electrons. The van der Waals surface area contributed by atoms with Crippen LogP contribution in [0.1, 0.15) is 49.8 Å². The Morgan fingerprint density at radius 2 is 2.04 bits per heavy atom. The second-order valence-corrected chi connectivity index (χ2v) is 7.51. The van der Waals surface area contributed by atoms with Gasteiger partial charge >= 0.3 is 0 Å². The predicted octanol–water partition coefficient (Wildman–Crippen LogP) is 5.88. The smallest absolute Gasteiger partial charge is 0.0991 e. The van der Waals surface area contributed by atoms with Crippen molar-refractivity contribution in [2.45, 2.75) is 45.6 Å². The van der Waals surface area contributed by atoms with Crippen LogP contribution in [0.15, 0.2) is 30.3 Å². The van der Waals surface area contributed by atoms with E-state index in [1.54, 1.807) is 0 Å². The fourth-order valence-corrected chi connectivity index (χ4v) is 3.86. The summed E-state index contributed by atoms with van der Waals surface area (Å²) < 4.78 is 0. The molecule has 1 unspecified atom stereocenters. The van der Waals surface area contributed by atoms with Crippen molar-refractivity contribution in [2.24, 2.45) is 0 Å². The molecule has 3 heteroatoms. The molecule has 0 saturated heterocycles. The molecule has 0 saturated carbocycles. The van der Waals surface area contributed by atoms with Gasteiger partial charge in [0.15, 0.2) is 0 Å². The molecule has 0 bridgehead atoms. The molecular weight excluding hydrogens is 304 g/mol. The number of anilines is 1. The zero-order valence-corrected chi connectivity index (χ0v) is 14.8.